The fraction of sp³-hybridized carbons (Fsp3) is 0.267. The van der Waals surface area contributed by atoms with Crippen LogP contribution >= 0.6 is 11.8 Å². The zero-order chi connectivity index (χ0) is 16.4. The number of fused-ring (bicyclic) bond motifs is 1. The van der Waals surface area contributed by atoms with E-state index >= 15 is 0 Å². The van der Waals surface area contributed by atoms with E-state index in [1.165, 1.54) is 29.6 Å². The molecule has 0 atom stereocenters. The molecule has 0 saturated carbocycles. The van der Waals surface area contributed by atoms with Gasteiger partial charge in [0.25, 0.3) is 11.5 Å². The predicted octanol–water partition coefficient (Wildman–Crippen LogP) is 1.62. The van der Waals surface area contributed by atoms with Gasteiger partial charge < -0.3 is 14.8 Å². The summed E-state index contributed by atoms with van der Waals surface area (Å²) in [6.07, 6.45) is 1.32. The summed E-state index contributed by atoms with van der Waals surface area (Å²) in [5.41, 5.74) is 0.136. The second kappa shape index (κ2) is 6.33. The molecule has 120 valence electrons. The Balaban J connectivity index is 1.90. The van der Waals surface area contributed by atoms with Gasteiger partial charge in [-0.3, -0.25) is 14.2 Å². The quantitative estimate of drug-likeness (QED) is 0.856. The molecule has 1 aromatic carbocycles. The Labute approximate surface area is 136 Å². The lowest BCUT2D eigenvalue weighted by Crippen LogP contribution is -2.29. The number of ether oxygens (including phenoxy) is 2. The molecule has 1 amide bonds. The number of amides is 1. The first-order chi connectivity index (χ1) is 11.1. The molecule has 23 heavy (non-hydrogen) atoms. The normalized spacial score (nSPS) is 12.6. The molecule has 0 radical (unpaired) electrons. The minimum Gasteiger partial charge on any atom is -0.497 e. The van der Waals surface area contributed by atoms with E-state index in [9.17, 15) is 9.59 Å². The molecule has 1 aromatic heterocycles. The second-order valence-electron chi connectivity index (χ2n) is 4.78. The van der Waals surface area contributed by atoms with Crippen molar-refractivity contribution in [1.29, 1.82) is 0 Å². The van der Waals surface area contributed by atoms with Crippen molar-refractivity contribution in [2.75, 3.05) is 25.3 Å². The summed E-state index contributed by atoms with van der Waals surface area (Å²) in [5, 5.41) is 3.33. The Morgan fingerprint density at radius 2 is 2.17 bits per heavy atom. The Morgan fingerprint density at radius 3 is 2.91 bits per heavy atom. The molecule has 8 heteroatoms. The van der Waals surface area contributed by atoms with Gasteiger partial charge in [0.2, 0.25) is 0 Å². The Morgan fingerprint density at radius 1 is 1.35 bits per heavy atom. The third-order valence-corrected chi connectivity index (χ3v) is 4.43. The minimum atomic E-state index is -0.516. The summed E-state index contributed by atoms with van der Waals surface area (Å²) < 4.78 is 11.9. The average Bonchev–Trinajstić information content (AvgIpc) is 3.05. The first-order valence-corrected chi connectivity index (χ1v) is 7.88. The highest BCUT2D eigenvalue weighted by molar-refractivity contribution is 7.99. The number of methoxy groups -OCH3 is 2. The molecule has 1 N–H and O–H groups in total. The summed E-state index contributed by atoms with van der Waals surface area (Å²) in [4.78, 5) is 28.9. The molecule has 1 aliphatic heterocycles. The van der Waals surface area contributed by atoms with Crippen molar-refractivity contribution in [1.82, 2.24) is 9.55 Å². The molecule has 1 aliphatic rings. The molecule has 7 nitrogen and oxygen atoms in total. The van der Waals surface area contributed by atoms with E-state index in [4.69, 9.17) is 9.47 Å². The van der Waals surface area contributed by atoms with E-state index in [0.717, 1.165) is 5.75 Å². The average molecular weight is 333 g/mol. The molecule has 0 fully saturated rings. The molecule has 3 rings (SSSR count). The Kier molecular flexibility index (Phi) is 4.24. The molecular formula is C15H15N3O4S. The Hall–Kier alpha value is -2.48. The number of nitrogens with one attached hydrogen (secondary N) is 1. The Bertz CT molecular complexity index is 819. The van der Waals surface area contributed by atoms with Gasteiger partial charge in [-0.1, -0.05) is 11.8 Å². The molecule has 0 bridgehead atoms. The van der Waals surface area contributed by atoms with E-state index in [-0.39, 0.29) is 11.1 Å². The minimum absolute atomic E-state index is 0.00845. The third kappa shape index (κ3) is 2.89. The van der Waals surface area contributed by atoms with Crippen LogP contribution in [-0.4, -0.2) is 35.4 Å². The number of hydrogen-bond donors (Lipinski definition) is 1. The van der Waals surface area contributed by atoms with Gasteiger partial charge in [-0.15, -0.1) is 0 Å². The lowest BCUT2D eigenvalue weighted by Gasteiger charge is -2.11. The number of anilines is 1. The topological polar surface area (TPSA) is 82.5 Å². The summed E-state index contributed by atoms with van der Waals surface area (Å²) >= 11 is 1.50. The zero-order valence-corrected chi connectivity index (χ0v) is 13.5. The fourth-order valence-corrected chi connectivity index (χ4v) is 3.18. The van der Waals surface area contributed by atoms with Crippen LogP contribution in [0.25, 0.3) is 0 Å². The first-order valence-electron chi connectivity index (χ1n) is 6.90. The number of rotatable bonds is 4. The summed E-state index contributed by atoms with van der Waals surface area (Å²) in [7, 11) is 3.04. The number of benzene rings is 1. The summed E-state index contributed by atoms with van der Waals surface area (Å²) in [6.45, 7) is 0.568. The largest absolute Gasteiger partial charge is 0.497 e. The third-order valence-electron chi connectivity index (χ3n) is 3.46. The molecule has 0 unspecified atom stereocenters. The molecular weight excluding hydrogens is 318 g/mol. The molecule has 2 heterocycles. The lowest BCUT2D eigenvalue weighted by molar-refractivity contribution is 0.102. The van der Waals surface area contributed by atoms with Gasteiger partial charge in [0.1, 0.15) is 17.1 Å². The number of aromatic nitrogens is 2. The predicted molar refractivity (Wildman–Crippen MR) is 86.7 cm³/mol. The summed E-state index contributed by atoms with van der Waals surface area (Å²) in [5.74, 6) is 1.33. The van der Waals surface area contributed by atoms with Gasteiger partial charge in [-0.25, -0.2) is 4.98 Å². The molecule has 0 saturated heterocycles. The monoisotopic (exact) mass is 333 g/mol. The maximum Gasteiger partial charge on any atom is 0.267 e. The van der Waals surface area contributed by atoms with Crippen LogP contribution in [0.15, 0.2) is 34.3 Å². The van der Waals surface area contributed by atoms with Crippen molar-refractivity contribution in [3.05, 3.63) is 40.3 Å². The standard InChI is InChI=1S/C15H15N3O4S/c1-21-9-3-4-11(12(7-9)22-2)17-13(19)10-8-16-15-18(14(10)20)5-6-23-15/h3-4,7-8H,5-6H2,1-2H3,(H,17,19). The van der Waals surface area contributed by atoms with Crippen LogP contribution in [0.1, 0.15) is 10.4 Å². The van der Waals surface area contributed by atoms with Crippen molar-refractivity contribution < 1.29 is 14.3 Å². The molecule has 0 aliphatic carbocycles. The van der Waals surface area contributed by atoms with Crippen molar-refractivity contribution in [2.24, 2.45) is 0 Å². The zero-order valence-electron chi connectivity index (χ0n) is 12.7. The van der Waals surface area contributed by atoms with E-state index in [2.05, 4.69) is 10.3 Å². The highest BCUT2D eigenvalue weighted by Gasteiger charge is 2.20. The summed E-state index contributed by atoms with van der Waals surface area (Å²) in [6, 6.07) is 5.01. The second-order valence-corrected chi connectivity index (χ2v) is 5.84. The molecule has 2 aromatic rings. The van der Waals surface area contributed by atoms with Crippen molar-refractivity contribution in [3.8, 4) is 11.5 Å². The van der Waals surface area contributed by atoms with Crippen LogP contribution < -0.4 is 20.3 Å². The van der Waals surface area contributed by atoms with Crippen LogP contribution in [0.4, 0.5) is 5.69 Å². The number of hydrogen-bond acceptors (Lipinski definition) is 6. The molecule has 0 spiro atoms. The number of thioether (sulfide) groups is 1. The number of carbonyl (C=O) groups is 1. The maximum atomic E-state index is 12.4. The van der Waals surface area contributed by atoms with Gasteiger partial charge in [-0.2, -0.15) is 0 Å². The number of nitrogens with zero attached hydrogens (tertiary/aromatic N) is 2. The van der Waals surface area contributed by atoms with Crippen molar-refractivity contribution >= 4 is 23.4 Å². The van der Waals surface area contributed by atoms with Gasteiger partial charge >= 0.3 is 0 Å². The van der Waals surface area contributed by atoms with Crippen LogP contribution in [0.2, 0.25) is 0 Å². The van der Waals surface area contributed by atoms with Crippen LogP contribution in [0.5, 0.6) is 11.5 Å². The van der Waals surface area contributed by atoms with E-state index in [1.807, 2.05) is 0 Å². The van der Waals surface area contributed by atoms with Crippen LogP contribution in [-0.2, 0) is 6.54 Å². The van der Waals surface area contributed by atoms with Gasteiger partial charge in [-0.05, 0) is 12.1 Å². The SMILES string of the molecule is COc1ccc(NC(=O)c2cnc3n(c2=O)CCS3)c(OC)c1. The van der Waals surface area contributed by atoms with Crippen LogP contribution in [0, 0.1) is 0 Å². The lowest BCUT2D eigenvalue weighted by atomic mass is 10.2. The fourth-order valence-electron chi connectivity index (χ4n) is 2.26. The van der Waals surface area contributed by atoms with Gasteiger partial charge in [0.05, 0.1) is 19.9 Å². The highest BCUT2D eigenvalue weighted by Crippen LogP contribution is 2.29. The van der Waals surface area contributed by atoms with E-state index in [0.29, 0.717) is 28.9 Å². The van der Waals surface area contributed by atoms with Gasteiger partial charge in [0, 0.05) is 24.6 Å². The van der Waals surface area contributed by atoms with Crippen molar-refractivity contribution in [2.45, 2.75) is 11.7 Å². The van der Waals surface area contributed by atoms with Gasteiger partial charge in [0.15, 0.2) is 5.16 Å². The highest BCUT2D eigenvalue weighted by atomic mass is 32.2. The van der Waals surface area contributed by atoms with Crippen molar-refractivity contribution in [3.63, 3.8) is 0 Å². The smallest absolute Gasteiger partial charge is 0.267 e. The van der Waals surface area contributed by atoms with Crippen LogP contribution in [0.3, 0.4) is 0 Å². The van der Waals surface area contributed by atoms with E-state index < -0.39 is 5.91 Å². The maximum absolute atomic E-state index is 12.4. The number of carbonyl (C=O) groups excluding carboxylic acids is 1. The van der Waals surface area contributed by atoms with E-state index in [1.54, 1.807) is 25.3 Å². The first kappa shape index (κ1) is 15.4.